The molecule has 2 atom stereocenters. The molecule has 46 heavy (non-hydrogen) atoms. The molecule has 0 fully saturated rings. The number of aromatic nitrogens is 4. The maximum atomic E-state index is 13.5. The maximum Gasteiger partial charge on any atom is 0.274 e. The van der Waals surface area contributed by atoms with Gasteiger partial charge in [0.2, 0.25) is 17.7 Å². The van der Waals surface area contributed by atoms with Crippen LogP contribution in [0, 0.1) is 12.8 Å². The van der Waals surface area contributed by atoms with E-state index in [-0.39, 0.29) is 67.0 Å². The number of hydrogen-bond acceptors (Lipinski definition) is 9. The van der Waals surface area contributed by atoms with Gasteiger partial charge in [-0.3, -0.25) is 23.9 Å². The minimum atomic E-state index is -0.629. The van der Waals surface area contributed by atoms with Gasteiger partial charge in [0, 0.05) is 50.2 Å². The number of oxazole rings is 1. The van der Waals surface area contributed by atoms with Crippen molar-refractivity contribution < 1.29 is 23.6 Å². The molecule has 0 radical (unpaired) electrons. The van der Waals surface area contributed by atoms with Crippen LogP contribution in [-0.4, -0.2) is 67.9 Å². The number of carbonyl (C=O) groups excluding carboxylic acids is 4. The highest BCUT2D eigenvalue weighted by Crippen LogP contribution is 2.27. The number of rotatable bonds is 5. The highest BCUT2D eigenvalue weighted by molar-refractivity contribution is 7.09. The van der Waals surface area contributed by atoms with E-state index >= 15 is 0 Å². The molecule has 4 aromatic rings. The van der Waals surface area contributed by atoms with Crippen molar-refractivity contribution in [3.63, 3.8) is 0 Å². The molecule has 14 heteroatoms. The van der Waals surface area contributed by atoms with Crippen molar-refractivity contribution in [2.75, 3.05) is 19.6 Å². The molecule has 242 valence electrons. The summed E-state index contributed by atoms with van der Waals surface area (Å²) in [6.45, 7) is 6.33. The summed E-state index contributed by atoms with van der Waals surface area (Å²) in [6.07, 6.45) is 4.22. The van der Waals surface area contributed by atoms with Crippen molar-refractivity contribution >= 4 is 35.0 Å². The Morgan fingerprint density at radius 2 is 1.87 bits per heavy atom. The molecule has 0 unspecified atom stereocenters. The second-order valence-corrected chi connectivity index (χ2v) is 12.4. The molecule has 3 aromatic heterocycles. The van der Waals surface area contributed by atoms with E-state index < -0.39 is 18.0 Å². The highest BCUT2D eigenvalue weighted by atomic mass is 32.1. The third kappa shape index (κ3) is 8.24. The number of amides is 4. The van der Waals surface area contributed by atoms with Gasteiger partial charge in [-0.25, -0.2) is 9.97 Å². The van der Waals surface area contributed by atoms with Crippen molar-refractivity contribution in [2.45, 2.75) is 58.7 Å². The van der Waals surface area contributed by atoms with Crippen LogP contribution in [0.5, 0.6) is 0 Å². The standard InChI is InChI=1S/C32H38N8O5S/c1-20(2)27-32-36-24(19-46-32)29(43)33-13-16-39(26(42)18-40-15-8-12-34-40)14-7-11-25(41)35-23(17-22-9-5-4-6-10-22)31-38-28(21(3)45-31)30(44)37-27/h4-6,8-10,12,15,19-20,23,27H,7,11,13-14,16-18H2,1-3H3,(H,33,43)(H,35,41)(H,37,44)/t23-,27-/m0/s1. The molecule has 1 aliphatic heterocycles. The van der Waals surface area contributed by atoms with Crippen LogP contribution in [0.1, 0.15) is 82.0 Å². The van der Waals surface area contributed by atoms with Gasteiger partial charge in [0.25, 0.3) is 11.8 Å². The second kappa shape index (κ2) is 15.0. The van der Waals surface area contributed by atoms with Crippen LogP contribution in [0.15, 0.2) is 58.6 Å². The minimum Gasteiger partial charge on any atom is -0.443 e. The molecule has 0 aliphatic carbocycles. The summed E-state index contributed by atoms with van der Waals surface area (Å²) >= 11 is 1.28. The van der Waals surface area contributed by atoms with E-state index in [1.54, 1.807) is 35.7 Å². The van der Waals surface area contributed by atoms with Gasteiger partial charge < -0.3 is 25.3 Å². The number of thiazole rings is 1. The lowest BCUT2D eigenvalue weighted by atomic mass is 10.0. The Labute approximate surface area is 270 Å². The Balaban J connectivity index is 1.43. The molecular weight excluding hydrogens is 608 g/mol. The van der Waals surface area contributed by atoms with Crippen molar-refractivity contribution in [3.8, 4) is 0 Å². The first-order valence-electron chi connectivity index (χ1n) is 15.3. The Hall–Kier alpha value is -4.85. The van der Waals surface area contributed by atoms with Crippen LogP contribution in [0.25, 0.3) is 0 Å². The van der Waals surface area contributed by atoms with Crippen LogP contribution in [0.3, 0.4) is 0 Å². The maximum absolute atomic E-state index is 13.5. The summed E-state index contributed by atoms with van der Waals surface area (Å²) in [7, 11) is 0. The van der Waals surface area contributed by atoms with E-state index in [4.69, 9.17) is 4.42 Å². The van der Waals surface area contributed by atoms with Crippen LogP contribution < -0.4 is 16.0 Å². The number of nitrogens with one attached hydrogen (secondary N) is 3. The average Bonchev–Trinajstić information content (AvgIpc) is 3.80. The second-order valence-electron chi connectivity index (χ2n) is 11.5. The Morgan fingerprint density at radius 3 is 2.61 bits per heavy atom. The Morgan fingerprint density at radius 1 is 1.07 bits per heavy atom. The summed E-state index contributed by atoms with van der Waals surface area (Å²) in [5.74, 6) is -0.758. The van der Waals surface area contributed by atoms with Crippen LogP contribution in [0.4, 0.5) is 0 Å². The molecule has 13 nitrogen and oxygen atoms in total. The lowest BCUT2D eigenvalue weighted by Gasteiger charge is -2.23. The summed E-state index contributed by atoms with van der Waals surface area (Å²) in [5.41, 5.74) is 1.30. The summed E-state index contributed by atoms with van der Waals surface area (Å²) in [5, 5.41) is 15.2. The minimum absolute atomic E-state index is 0.0376. The SMILES string of the molecule is Cc1oc2nc1C(=O)N[C@@H](C(C)C)c1nc(cs1)C(=O)NCCN(C(=O)Cn1cccn1)CCCC(=O)N[C@H]2Cc1ccccc1. The zero-order valence-corrected chi connectivity index (χ0v) is 26.9. The first-order valence-corrected chi connectivity index (χ1v) is 16.2. The van der Waals surface area contributed by atoms with Gasteiger partial charge in [0.15, 0.2) is 5.69 Å². The van der Waals surface area contributed by atoms with Crippen molar-refractivity contribution in [1.82, 2.24) is 40.6 Å². The molecule has 5 rings (SSSR count). The van der Waals surface area contributed by atoms with E-state index in [1.165, 1.54) is 16.0 Å². The fraction of sp³-hybridized carbons (Fsp3) is 0.406. The van der Waals surface area contributed by atoms with Crippen molar-refractivity contribution in [2.24, 2.45) is 5.92 Å². The number of aryl methyl sites for hydroxylation is 1. The molecule has 1 aliphatic rings. The van der Waals surface area contributed by atoms with Gasteiger partial charge in [-0.2, -0.15) is 5.10 Å². The molecule has 0 saturated carbocycles. The third-order valence-corrected chi connectivity index (χ3v) is 8.55. The molecule has 4 bridgehead atoms. The van der Waals surface area contributed by atoms with E-state index in [0.717, 1.165) is 5.56 Å². The van der Waals surface area contributed by atoms with Crippen LogP contribution in [-0.2, 0) is 22.6 Å². The predicted molar refractivity (Wildman–Crippen MR) is 170 cm³/mol. The van der Waals surface area contributed by atoms with Crippen molar-refractivity contribution in [1.29, 1.82) is 0 Å². The quantitative estimate of drug-likeness (QED) is 0.298. The fourth-order valence-corrected chi connectivity index (χ4v) is 6.19. The molecule has 1 aromatic carbocycles. The van der Waals surface area contributed by atoms with E-state index in [1.807, 2.05) is 44.2 Å². The molecule has 4 amide bonds. The summed E-state index contributed by atoms with van der Waals surface area (Å²) in [6, 6.07) is 10.3. The van der Waals surface area contributed by atoms with Gasteiger partial charge in [0.1, 0.15) is 29.0 Å². The molecule has 0 saturated heterocycles. The number of fused-ring (bicyclic) bond motifs is 4. The van der Waals surface area contributed by atoms with Crippen molar-refractivity contribution in [3.05, 3.63) is 87.8 Å². The zero-order valence-electron chi connectivity index (χ0n) is 26.1. The normalized spacial score (nSPS) is 18.5. The largest absolute Gasteiger partial charge is 0.443 e. The van der Waals surface area contributed by atoms with Gasteiger partial charge in [0.05, 0.1) is 6.04 Å². The number of carbonyl (C=O) groups is 4. The van der Waals surface area contributed by atoms with Gasteiger partial charge in [-0.1, -0.05) is 44.2 Å². The monoisotopic (exact) mass is 646 g/mol. The number of benzene rings is 1. The molecule has 4 heterocycles. The first-order chi connectivity index (χ1) is 22.2. The highest BCUT2D eigenvalue weighted by Gasteiger charge is 2.29. The number of nitrogens with zero attached hydrogens (tertiary/aromatic N) is 5. The lowest BCUT2D eigenvalue weighted by Crippen LogP contribution is -2.41. The molecule has 3 N–H and O–H groups in total. The first kappa shape index (κ1) is 32.5. The van der Waals surface area contributed by atoms with Crippen LogP contribution in [0.2, 0.25) is 0 Å². The lowest BCUT2D eigenvalue weighted by molar-refractivity contribution is -0.132. The Bertz CT molecular complexity index is 1650. The van der Waals surface area contributed by atoms with E-state index in [9.17, 15) is 19.2 Å². The smallest absolute Gasteiger partial charge is 0.274 e. The predicted octanol–water partition coefficient (Wildman–Crippen LogP) is 3.22. The summed E-state index contributed by atoms with van der Waals surface area (Å²) in [4.78, 5) is 63.6. The van der Waals surface area contributed by atoms with Crippen LogP contribution >= 0.6 is 11.3 Å². The van der Waals surface area contributed by atoms with Gasteiger partial charge in [-0.05, 0) is 30.9 Å². The zero-order chi connectivity index (χ0) is 32.6. The van der Waals surface area contributed by atoms with Gasteiger partial charge >= 0.3 is 0 Å². The Kier molecular flexibility index (Phi) is 10.6. The topological polar surface area (TPSA) is 164 Å². The van der Waals surface area contributed by atoms with E-state index in [2.05, 4.69) is 31.0 Å². The van der Waals surface area contributed by atoms with Gasteiger partial charge in [-0.15, -0.1) is 11.3 Å². The third-order valence-electron chi connectivity index (χ3n) is 7.63. The molecular formula is C32H38N8O5S. The average molecular weight is 647 g/mol. The molecule has 0 spiro atoms. The fourth-order valence-electron chi connectivity index (χ4n) is 5.17. The summed E-state index contributed by atoms with van der Waals surface area (Å²) < 4.78 is 7.52. The number of hydrogen-bond donors (Lipinski definition) is 3. The van der Waals surface area contributed by atoms with E-state index in [0.29, 0.717) is 30.2 Å².